The van der Waals surface area contributed by atoms with Crippen LogP contribution in [0.3, 0.4) is 0 Å². The van der Waals surface area contributed by atoms with Gasteiger partial charge in [0.1, 0.15) is 0 Å². The zero-order chi connectivity index (χ0) is 14.9. The minimum atomic E-state index is -4.32. The molecule has 3 rings (SSSR count). The van der Waals surface area contributed by atoms with Gasteiger partial charge in [0.25, 0.3) is 0 Å². The van der Waals surface area contributed by atoms with E-state index in [0.717, 1.165) is 23.4 Å². The lowest BCUT2D eigenvalue weighted by Gasteiger charge is -2.08. The number of rotatable bonds is 3. The number of halogens is 3. The first-order valence-electron chi connectivity index (χ1n) is 6.24. The lowest BCUT2D eigenvalue weighted by atomic mass is 10.1. The van der Waals surface area contributed by atoms with Gasteiger partial charge in [0, 0.05) is 17.1 Å². The second-order valence-corrected chi connectivity index (χ2v) is 5.39. The molecule has 0 amide bonds. The molecular weight excluding hydrogens is 297 g/mol. The normalized spacial score (nSPS) is 11.8. The number of nitrogens with zero attached hydrogens (tertiary/aromatic N) is 2. The lowest BCUT2D eigenvalue weighted by molar-refractivity contribution is -0.137. The first kappa shape index (κ1) is 13.9. The van der Waals surface area contributed by atoms with E-state index >= 15 is 0 Å². The summed E-state index contributed by atoms with van der Waals surface area (Å²) in [4.78, 5) is 0. The molecule has 0 bridgehead atoms. The van der Waals surface area contributed by atoms with Crippen LogP contribution in [0.2, 0.25) is 0 Å². The van der Waals surface area contributed by atoms with E-state index in [1.165, 1.54) is 6.07 Å². The highest BCUT2D eigenvalue weighted by Crippen LogP contribution is 2.29. The third-order valence-electron chi connectivity index (χ3n) is 3.06. The van der Waals surface area contributed by atoms with Gasteiger partial charge < -0.3 is 0 Å². The van der Waals surface area contributed by atoms with Crippen LogP contribution in [0.1, 0.15) is 11.1 Å². The third-order valence-corrected chi connectivity index (χ3v) is 3.74. The first-order chi connectivity index (χ1) is 10.0. The maximum atomic E-state index is 12.7. The SMILES string of the molecule is FC(F)(F)c1cccc(Cn2ccc(-c3ccsc3)n2)c1. The molecular formula is C15H11F3N2S. The number of alkyl halides is 3. The fourth-order valence-corrected chi connectivity index (χ4v) is 2.70. The average Bonchev–Trinajstić information content (AvgIpc) is 3.08. The summed E-state index contributed by atoms with van der Waals surface area (Å²) in [7, 11) is 0. The molecule has 2 heterocycles. The topological polar surface area (TPSA) is 17.8 Å². The number of hydrogen-bond acceptors (Lipinski definition) is 2. The minimum Gasteiger partial charge on any atom is -0.268 e. The molecule has 0 unspecified atom stereocenters. The second kappa shape index (κ2) is 5.37. The van der Waals surface area contributed by atoms with Gasteiger partial charge in [0.15, 0.2) is 0 Å². The molecule has 6 heteroatoms. The Morgan fingerprint density at radius 2 is 2.00 bits per heavy atom. The molecule has 0 saturated heterocycles. The highest BCUT2D eigenvalue weighted by molar-refractivity contribution is 7.08. The van der Waals surface area contributed by atoms with Crippen LogP contribution < -0.4 is 0 Å². The van der Waals surface area contributed by atoms with Gasteiger partial charge in [-0.15, -0.1) is 0 Å². The fourth-order valence-electron chi connectivity index (χ4n) is 2.05. The molecule has 0 fully saturated rings. The summed E-state index contributed by atoms with van der Waals surface area (Å²) in [6.45, 7) is 0.314. The maximum absolute atomic E-state index is 12.7. The third kappa shape index (κ3) is 3.16. The largest absolute Gasteiger partial charge is 0.416 e. The van der Waals surface area contributed by atoms with Crippen LogP contribution in [0, 0.1) is 0 Å². The maximum Gasteiger partial charge on any atom is 0.416 e. The Morgan fingerprint density at radius 3 is 2.71 bits per heavy atom. The van der Waals surface area contributed by atoms with Crippen molar-refractivity contribution in [1.29, 1.82) is 0 Å². The first-order valence-corrected chi connectivity index (χ1v) is 7.19. The molecule has 0 aliphatic heterocycles. The lowest BCUT2D eigenvalue weighted by Crippen LogP contribution is -2.07. The summed E-state index contributed by atoms with van der Waals surface area (Å²) < 4.78 is 39.7. The van der Waals surface area contributed by atoms with E-state index in [9.17, 15) is 13.2 Å². The number of thiophene rings is 1. The van der Waals surface area contributed by atoms with Gasteiger partial charge in [-0.3, -0.25) is 4.68 Å². The summed E-state index contributed by atoms with van der Waals surface area (Å²) in [6.07, 6.45) is -2.55. The molecule has 0 saturated carbocycles. The second-order valence-electron chi connectivity index (χ2n) is 4.61. The fraction of sp³-hybridized carbons (Fsp3) is 0.133. The summed E-state index contributed by atoms with van der Waals surface area (Å²) >= 11 is 1.58. The number of aromatic nitrogens is 2. The van der Waals surface area contributed by atoms with Crippen LogP contribution in [-0.4, -0.2) is 9.78 Å². The van der Waals surface area contributed by atoms with Gasteiger partial charge in [0.05, 0.1) is 17.8 Å². The Labute approximate surface area is 123 Å². The zero-order valence-electron chi connectivity index (χ0n) is 10.8. The van der Waals surface area contributed by atoms with E-state index < -0.39 is 11.7 Å². The van der Waals surface area contributed by atoms with Crippen molar-refractivity contribution in [2.24, 2.45) is 0 Å². The molecule has 0 spiro atoms. The molecule has 0 aliphatic rings. The van der Waals surface area contributed by atoms with Crippen molar-refractivity contribution in [2.45, 2.75) is 12.7 Å². The van der Waals surface area contributed by atoms with E-state index in [0.29, 0.717) is 12.1 Å². The molecule has 0 N–H and O–H groups in total. The van der Waals surface area contributed by atoms with Crippen molar-refractivity contribution in [3.05, 3.63) is 64.5 Å². The quantitative estimate of drug-likeness (QED) is 0.687. The van der Waals surface area contributed by atoms with Crippen molar-refractivity contribution in [3.8, 4) is 11.3 Å². The Morgan fingerprint density at radius 1 is 1.14 bits per heavy atom. The van der Waals surface area contributed by atoms with Crippen LogP contribution in [0.25, 0.3) is 11.3 Å². The highest BCUT2D eigenvalue weighted by Gasteiger charge is 2.30. The van der Waals surface area contributed by atoms with Gasteiger partial charge in [-0.05, 0) is 35.2 Å². The number of benzene rings is 1. The molecule has 1 aromatic carbocycles. The average molecular weight is 308 g/mol. The van der Waals surface area contributed by atoms with Crippen LogP contribution in [0.5, 0.6) is 0 Å². The van der Waals surface area contributed by atoms with Crippen LogP contribution in [-0.2, 0) is 12.7 Å². The van der Waals surface area contributed by atoms with Gasteiger partial charge >= 0.3 is 6.18 Å². The molecule has 21 heavy (non-hydrogen) atoms. The molecule has 0 radical (unpaired) electrons. The Hall–Kier alpha value is -2.08. The van der Waals surface area contributed by atoms with Crippen molar-refractivity contribution in [3.63, 3.8) is 0 Å². The summed E-state index contributed by atoms with van der Waals surface area (Å²) in [6, 6.07) is 9.13. The Balaban J connectivity index is 1.81. The Kier molecular flexibility index (Phi) is 3.55. The predicted octanol–water partition coefficient (Wildman–Crippen LogP) is 4.68. The molecule has 0 aliphatic carbocycles. The van der Waals surface area contributed by atoms with Crippen LogP contribution >= 0.6 is 11.3 Å². The van der Waals surface area contributed by atoms with E-state index in [2.05, 4.69) is 5.10 Å². The summed E-state index contributed by atoms with van der Waals surface area (Å²) in [5.41, 5.74) is 1.78. The molecule has 3 aromatic rings. The van der Waals surface area contributed by atoms with Crippen molar-refractivity contribution in [1.82, 2.24) is 9.78 Å². The van der Waals surface area contributed by atoms with Crippen molar-refractivity contribution >= 4 is 11.3 Å². The summed E-state index contributed by atoms with van der Waals surface area (Å²) in [5, 5.41) is 8.32. The van der Waals surface area contributed by atoms with Crippen LogP contribution in [0.15, 0.2) is 53.4 Å². The Bertz CT molecular complexity index is 729. The van der Waals surface area contributed by atoms with E-state index in [1.807, 2.05) is 22.9 Å². The highest BCUT2D eigenvalue weighted by atomic mass is 32.1. The van der Waals surface area contributed by atoms with Gasteiger partial charge in [-0.1, -0.05) is 12.1 Å². The van der Waals surface area contributed by atoms with Crippen molar-refractivity contribution in [2.75, 3.05) is 0 Å². The van der Waals surface area contributed by atoms with E-state index in [4.69, 9.17) is 0 Å². The monoisotopic (exact) mass is 308 g/mol. The zero-order valence-corrected chi connectivity index (χ0v) is 11.7. The van der Waals surface area contributed by atoms with Crippen LogP contribution in [0.4, 0.5) is 13.2 Å². The van der Waals surface area contributed by atoms with Gasteiger partial charge in [-0.25, -0.2) is 0 Å². The standard InChI is InChI=1S/C15H11F3N2S/c16-15(17,18)13-3-1-2-11(8-13)9-20-6-4-14(19-20)12-5-7-21-10-12/h1-8,10H,9H2. The van der Waals surface area contributed by atoms with Crippen molar-refractivity contribution < 1.29 is 13.2 Å². The molecule has 0 atom stereocenters. The van der Waals surface area contributed by atoms with Gasteiger partial charge in [0.2, 0.25) is 0 Å². The molecule has 108 valence electrons. The molecule has 2 aromatic heterocycles. The minimum absolute atomic E-state index is 0.314. The summed E-state index contributed by atoms with van der Waals surface area (Å²) in [5.74, 6) is 0. The number of hydrogen-bond donors (Lipinski definition) is 0. The van der Waals surface area contributed by atoms with E-state index in [1.54, 1.807) is 28.3 Å². The smallest absolute Gasteiger partial charge is 0.268 e. The predicted molar refractivity (Wildman–Crippen MR) is 76.1 cm³/mol. The van der Waals surface area contributed by atoms with E-state index in [-0.39, 0.29) is 0 Å². The van der Waals surface area contributed by atoms with Gasteiger partial charge in [-0.2, -0.15) is 29.6 Å². The molecule has 2 nitrogen and oxygen atoms in total.